The average molecular weight is 595 g/mol. The van der Waals surface area contributed by atoms with Gasteiger partial charge in [-0.05, 0) is 75.0 Å². The van der Waals surface area contributed by atoms with Crippen LogP contribution in [0.2, 0.25) is 0 Å². The number of amides is 1. The van der Waals surface area contributed by atoms with Gasteiger partial charge in [0, 0.05) is 30.8 Å². The van der Waals surface area contributed by atoms with Crippen molar-refractivity contribution in [2.75, 3.05) is 13.1 Å². The van der Waals surface area contributed by atoms with Gasteiger partial charge in [-0.25, -0.2) is 15.0 Å². The predicted molar refractivity (Wildman–Crippen MR) is 159 cm³/mol. The second-order valence-corrected chi connectivity index (χ2v) is 14.7. The van der Waals surface area contributed by atoms with Crippen molar-refractivity contribution in [2.45, 2.75) is 77.7 Å². The van der Waals surface area contributed by atoms with Gasteiger partial charge in [0.2, 0.25) is 5.91 Å². The van der Waals surface area contributed by atoms with Gasteiger partial charge in [-0.1, -0.05) is 47.6 Å². The Labute approximate surface area is 237 Å². The number of pyridine rings is 1. The maximum absolute atomic E-state index is 13.1. The van der Waals surface area contributed by atoms with Crippen LogP contribution in [0.25, 0.3) is 22.4 Å². The number of hydrogen-bond donors (Lipinski definition) is 0. The van der Waals surface area contributed by atoms with E-state index in [0.717, 1.165) is 51.6 Å². The molecule has 1 aliphatic heterocycles. The van der Waals surface area contributed by atoms with E-state index in [-0.39, 0.29) is 23.3 Å². The van der Waals surface area contributed by atoms with Crippen LogP contribution in [-0.2, 0) is 22.2 Å². The molecular weight excluding hydrogens is 558 g/mol. The van der Waals surface area contributed by atoms with E-state index in [1.54, 1.807) is 23.9 Å². The Bertz CT molecular complexity index is 1440. The molecule has 0 atom stereocenters. The molecule has 5 rings (SSSR count). The van der Waals surface area contributed by atoms with Gasteiger partial charge >= 0.3 is 0 Å². The zero-order valence-electron chi connectivity index (χ0n) is 23.1. The van der Waals surface area contributed by atoms with Crippen molar-refractivity contribution in [1.29, 1.82) is 0 Å². The van der Waals surface area contributed by atoms with E-state index in [2.05, 4.69) is 85.6 Å². The van der Waals surface area contributed by atoms with E-state index in [0.29, 0.717) is 5.92 Å². The van der Waals surface area contributed by atoms with E-state index in [1.165, 1.54) is 16.7 Å². The molecule has 38 heavy (non-hydrogen) atoms. The number of aromatic nitrogens is 4. The van der Waals surface area contributed by atoms with Crippen molar-refractivity contribution in [2.24, 2.45) is 0 Å². The molecule has 200 valence electrons. The minimum absolute atomic E-state index is 0.0553. The summed E-state index contributed by atoms with van der Waals surface area (Å²) in [6, 6.07) is 10.7. The van der Waals surface area contributed by atoms with Gasteiger partial charge in [0.25, 0.3) is 0 Å². The van der Waals surface area contributed by atoms with Crippen LogP contribution < -0.4 is 0 Å². The first-order chi connectivity index (χ1) is 17.9. The molecule has 0 saturated carbocycles. The molecule has 1 amide bonds. The van der Waals surface area contributed by atoms with Crippen LogP contribution in [-0.4, -0.2) is 43.4 Å². The van der Waals surface area contributed by atoms with Gasteiger partial charge in [-0.2, -0.15) is 0 Å². The number of likely N-dealkylation sites (tertiary alicyclic amines) is 1. The molecule has 0 bridgehead atoms. The number of carbonyl (C=O) groups excluding carboxylic acids is 1. The van der Waals surface area contributed by atoms with E-state index in [4.69, 9.17) is 4.98 Å². The Hall–Kier alpha value is -2.58. The maximum Gasteiger partial charge on any atom is 0.242 e. The van der Waals surface area contributed by atoms with Gasteiger partial charge in [0.1, 0.15) is 12.1 Å². The Balaban J connectivity index is 1.31. The zero-order valence-corrected chi connectivity index (χ0v) is 25.5. The lowest BCUT2D eigenvalue weighted by molar-refractivity contribution is -0.132. The summed E-state index contributed by atoms with van der Waals surface area (Å²) in [4.78, 5) is 28.9. The third-order valence-corrected chi connectivity index (χ3v) is 9.29. The number of rotatable bonds is 4. The molecule has 4 aromatic rings. The summed E-state index contributed by atoms with van der Waals surface area (Å²) < 4.78 is 2.92. The van der Waals surface area contributed by atoms with Gasteiger partial charge in [0.05, 0.1) is 20.8 Å². The largest absolute Gasteiger partial charge is 0.341 e. The third kappa shape index (κ3) is 5.57. The van der Waals surface area contributed by atoms with E-state index in [1.807, 2.05) is 21.6 Å². The van der Waals surface area contributed by atoms with Crippen LogP contribution in [0.5, 0.6) is 0 Å². The van der Waals surface area contributed by atoms with Crippen LogP contribution in [0.15, 0.2) is 46.6 Å². The first-order valence-electron chi connectivity index (χ1n) is 13.3. The van der Waals surface area contributed by atoms with E-state index >= 15 is 0 Å². The second-order valence-electron chi connectivity index (χ2n) is 12.3. The fourth-order valence-corrected chi connectivity index (χ4v) is 6.73. The SMILES string of the molecule is CC(C)(C)c1cc(-c2nc(C3CCN(C(=O)Cn4cnc5cccnc54)CC3)sc2Br)cc(C(C)(C)C)c1. The summed E-state index contributed by atoms with van der Waals surface area (Å²) >= 11 is 5.57. The molecule has 6 nitrogen and oxygen atoms in total. The number of halogens is 1. The molecule has 0 spiro atoms. The molecule has 1 aromatic carbocycles. The molecule has 0 unspecified atom stereocenters. The molecule has 1 aliphatic rings. The number of piperidine rings is 1. The quantitative estimate of drug-likeness (QED) is 0.249. The molecule has 1 saturated heterocycles. The van der Waals surface area contributed by atoms with Crippen LogP contribution in [0.4, 0.5) is 0 Å². The molecule has 3 aromatic heterocycles. The first kappa shape index (κ1) is 27.0. The minimum atomic E-state index is 0.0553. The van der Waals surface area contributed by atoms with E-state index < -0.39 is 0 Å². The van der Waals surface area contributed by atoms with Crippen molar-refractivity contribution in [3.63, 3.8) is 0 Å². The second kappa shape index (κ2) is 10.2. The van der Waals surface area contributed by atoms with Crippen molar-refractivity contribution < 1.29 is 4.79 Å². The summed E-state index contributed by atoms with van der Waals surface area (Å²) in [5, 5.41) is 1.15. The van der Waals surface area contributed by atoms with Crippen molar-refractivity contribution in [3.05, 3.63) is 62.8 Å². The number of nitrogens with zero attached hydrogens (tertiary/aromatic N) is 5. The molecule has 8 heteroatoms. The number of carbonyl (C=O) groups is 1. The standard InChI is InChI=1S/C30H36BrN5OS/c1-29(2,3)21-14-20(15-22(16-21)30(4,5)6)25-26(31)38-28(34-25)19-9-12-35(13-10-19)24(37)17-36-18-33-23-8-7-11-32-27(23)36/h7-8,11,14-16,18-19H,9-10,12-13,17H2,1-6H3. The van der Waals surface area contributed by atoms with Crippen molar-refractivity contribution in [3.8, 4) is 11.3 Å². The lowest BCUT2D eigenvalue weighted by Gasteiger charge is -2.31. The highest BCUT2D eigenvalue weighted by Gasteiger charge is 2.28. The van der Waals surface area contributed by atoms with Crippen LogP contribution in [0.3, 0.4) is 0 Å². The maximum atomic E-state index is 13.1. The predicted octanol–water partition coefficient (Wildman–Crippen LogP) is 7.32. The van der Waals surface area contributed by atoms with Crippen LogP contribution in [0.1, 0.15) is 76.4 Å². The van der Waals surface area contributed by atoms with Crippen LogP contribution in [0, 0.1) is 0 Å². The Morgan fingerprint density at radius 2 is 1.68 bits per heavy atom. The number of thiazole rings is 1. The first-order valence-corrected chi connectivity index (χ1v) is 14.9. The van der Waals surface area contributed by atoms with Crippen molar-refractivity contribution in [1.82, 2.24) is 24.4 Å². The monoisotopic (exact) mass is 593 g/mol. The molecule has 0 radical (unpaired) electrons. The Morgan fingerprint density at radius 1 is 1.03 bits per heavy atom. The van der Waals surface area contributed by atoms with Crippen molar-refractivity contribution >= 4 is 44.3 Å². The highest BCUT2D eigenvalue weighted by molar-refractivity contribution is 9.11. The van der Waals surface area contributed by atoms with Gasteiger partial charge in [-0.3, -0.25) is 4.79 Å². The van der Waals surface area contributed by atoms with Gasteiger partial charge in [-0.15, -0.1) is 11.3 Å². The topological polar surface area (TPSA) is 63.9 Å². The Morgan fingerprint density at radius 3 is 2.32 bits per heavy atom. The molecule has 1 fully saturated rings. The number of benzene rings is 1. The minimum Gasteiger partial charge on any atom is -0.341 e. The smallest absolute Gasteiger partial charge is 0.242 e. The number of imidazole rings is 1. The summed E-state index contributed by atoms with van der Waals surface area (Å²) in [7, 11) is 0. The van der Waals surface area contributed by atoms with Gasteiger partial charge < -0.3 is 9.47 Å². The summed E-state index contributed by atoms with van der Waals surface area (Å²) in [6.07, 6.45) is 5.28. The fraction of sp³-hybridized carbons (Fsp3) is 0.467. The lowest BCUT2D eigenvalue weighted by Crippen LogP contribution is -2.39. The highest BCUT2D eigenvalue weighted by atomic mass is 79.9. The molecule has 0 N–H and O–H groups in total. The molecule has 4 heterocycles. The molecule has 0 aliphatic carbocycles. The molecular formula is C30H36BrN5OS. The summed E-state index contributed by atoms with van der Waals surface area (Å²) in [5.41, 5.74) is 6.53. The third-order valence-electron chi connectivity index (χ3n) is 7.42. The van der Waals surface area contributed by atoms with E-state index in [9.17, 15) is 4.79 Å². The highest BCUT2D eigenvalue weighted by Crippen LogP contribution is 2.41. The summed E-state index contributed by atoms with van der Waals surface area (Å²) in [6.45, 7) is 15.3. The lowest BCUT2D eigenvalue weighted by atomic mass is 9.79. The Kier molecular flexibility index (Phi) is 7.24. The zero-order chi connectivity index (χ0) is 27.2. The van der Waals surface area contributed by atoms with Gasteiger partial charge in [0.15, 0.2) is 5.65 Å². The fourth-order valence-electron chi connectivity index (χ4n) is 4.93. The number of fused-ring (bicyclic) bond motifs is 1. The normalized spacial score (nSPS) is 15.4. The summed E-state index contributed by atoms with van der Waals surface area (Å²) in [5.74, 6) is 0.473. The van der Waals surface area contributed by atoms with Crippen LogP contribution >= 0.6 is 27.3 Å². The number of hydrogen-bond acceptors (Lipinski definition) is 5. The average Bonchev–Trinajstić information content (AvgIpc) is 3.46.